The maximum Gasteiger partial charge on any atom is 0.274 e. The Morgan fingerprint density at radius 2 is 1.94 bits per heavy atom. The Morgan fingerprint density at radius 1 is 1.15 bits per heavy atom. The van der Waals surface area contributed by atoms with Crippen molar-refractivity contribution in [2.45, 2.75) is 32.7 Å². The van der Waals surface area contributed by atoms with Crippen LogP contribution in [0.2, 0.25) is 0 Å². The number of rotatable bonds is 5. The van der Waals surface area contributed by atoms with Crippen molar-refractivity contribution in [3.8, 4) is 10.4 Å². The van der Waals surface area contributed by atoms with E-state index in [4.69, 9.17) is 0 Å². The van der Waals surface area contributed by atoms with E-state index in [-0.39, 0.29) is 17.8 Å². The molecule has 0 radical (unpaired) electrons. The fourth-order valence-corrected chi connectivity index (χ4v) is 6.25. The predicted molar refractivity (Wildman–Crippen MR) is 134 cm³/mol. The minimum absolute atomic E-state index is 0.0429. The Labute approximate surface area is 200 Å². The molecule has 2 aromatic heterocycles. The number of para-hydroxylation sites is 1. The molecular weight excluding hydrogens is 455 g/mol. The second kappa shape index (κ2) is 9.19. The SMILES string of the molecule is Cc1nc(C(=O)N2CCCC(C)C2CNc2nc3ccccc3s2)c(-c2ccc(F)cc2)s1. The van der Waals surface area contributed by atoms with E-state index in [0.29, 0.717) is 24.7 Å². The molecule has 5 rings (SSSR count). The standard InChI is InChI=1S/C25H25FN4OS2/c1-15-6-5-13-30(20(15)14-27-25-29-19-7-3-4-8-21(19)33-25)24(31)22-23(32-16(2)28-22)17-9-11-18(26)12-10-17/h3-4,7-12,15,20H,5-6,13-14H2,1-2H3,(H,27,29). The fraction of sp³-hybridized carbons (Fsp3) is 0.320. The van der Waals surface area contributed by atoms with Gasteiger partial charge in [-0.3, -0.25) is 4.79 Å². The van der Waals surface area contributed by atoms with Gasteiger partial charge in [0.15, 0.2) is 5.13 Å². The van der Waals surface area contributed by atoms with E-state index < -0.39 is 0 Å². The number of hydrogen-bond donors (Lipinski definition) is 1. The van der Waals surface area contributed by atoms with E-state index in [1.807, 2.05) is 30.0 Å². The van der Waals surface area contributed by atoms with Crippen LogP contribution >= 0.6 is 22.7 Å². The average Bonchev–Trinajstić information content (AvgIpc) is 3.41. The lowest BCUT2D eigenvalue weighted by Crippen LogP contribution is -2.51. The van der Waals surface area contributed by atoms with Crippen molar-refractivity contribution in [3.05, 3.63) is 65.0 Å². The molecule has 4 aromatic rings. The molecular formula is C25H25FN4OS2. The van der Waals surface area contributed by atoms with Gasteiger partial charge < -0.3 is 10.2 Å². The molecule has 1 fully saturated rings. The first kappa shape index (κ1) is 22.0. The predicted octanol–water partition coefficient (Wildman–Crippen LogP) is 6.22. The molecule has 33 heavy (non-hydrogen) atoms. The van der Waals surface area contributed by atoms with Crippen LogP contribution in [0.25, 0.3) is 20.7 Å². The number of benzene rings is 2. The Kier molecular flexibility index (Phi) is 6.12. The number of likely N-dealkylation sites (tertiary alicyclic amines) is 1. The molecule has 0 spiro atoms. The molecule has 0 bridgehead atoms. The first-order chi connectivity index (χ1) is 16.0. The van der Waals surface area contributed by atoms with Gasteiger partial charge in [-0.2, -0.15) is 0 Å². The summed E-state index contributed by atoms with van der Waals surface area (Å²) in [5, 5.41) is 5.18. The minimum atomic E-state index is -0.293. The molecule has 1 saturated heterocycles. The summed E-state index contributed by atoms with van der Waals surface area (Å²) < 4.78 is 14.6. The van der Waals surface area contributed by atoms with Crippen molar-refractivity contribution < 1.29 is 9.18 Å². The van der Waals surface area contributed by atoms with Crippen LogP contribution in [0.15, 0.2) is 48.5 Å². The molecule has 5 nitrogen and oxygen atoms in total. The van der Waals surface area contributed by atoms with Gasteiger partial charge in [-0.15, -0.1) is 11.3 Å². The number of nitrogens with zero attached hydrogens (tertiary/aromatic N) is 3. The molecule has 2 aromatic carbocycles. The van der Waals surface area contributed by atoms with Gasteiger partial charge in [0.2, 0.25) is 0 Å². The lowest BCUT2D eigenvalue weighted by atomic mass is 9.90. The van der Waals surface area contributed by atoms with Gasteiger partial charge in [-0.1, -0.05) is 42.5 Å². The first-order valence-electron chi connectivity index (χ1n) is 11.1. The number of aromatic nitrogens is 2. The minimum Gasteiger partial charge on any atom is -0.359 e. The molecule has 1 aliphatic rings. The number of piperidine rings is 1. The number of amides is 1. The molecule has 1 N–H and O–H groups in total. The van der Waals surface area contributed by atoms with Crippen molar-refractivity contribution >= 4 is 43.9 Å². The zero-order valence-corrected chi connectivity index (χ0v) is 20.2. The monoisotopic (exact) mass is 480 g/mol. The molecule has 0 aliphatic carbocycles. The highest BCUT2D eigenvalue weighted by atomic mass is 32.1. The Morgan fingerprint density at radius 3 is 2.73 bits per heavy atom. The molecule has 2 atom stereocenters. The topological polar surface area (TPSA) is 58.1 Å². The van der Waals surface area contributed by atoms with Gasteiger partial charge in [0, 0.05) is 13.1 Å². The van der Waals surface area contributed by atoms with Crippen LogP contribution in [0, 0.1) is 18.7 Å². The number of hydrogen-bond acceptors (Lipinski definition) is 6. The summed E-state index contributed by atoms with van der Waals surface area (Å²) in [5.74, 6) is 0.0126. The van der Waals surface area contributed by atoms with Crippen LogP contribution in [-0.4, -0.2) is 39.9 Å². The zero-order valence-electron chi connectivity index (χ0n) is 18.5. The summed E-state index contributed by atoms with van der Waals surface area (Å²) >= 11 is 3.11. The lowest BCUT2D eigenvalue weighted by molar-refractivity contribution is 0.0535. The van der Waals surface area contributed by atoms with Crippen molar-refractivity contribution in [2.75, 3.05) is 18.4 Å². The smallest absolute Gasteiger partial charge is 0.274 e. The van der Waals surface area contributed by atoms with Gasteiger partial charge in [-0.05, 0) is 55.5 Å². The zero-order chi connectivity index (χ0) is 22.9. The number of fused-ring (bicyclic) bond motifs is 1. The number of nitrogens with one attached hydrogen (secondary N) is 1. The molecule has 170 valence electrons. The Balaban J connectivity index is 1.39. The highest BCUT2D eigenvalue weighted by molar-refractivity contribution is 7.22. The number of aryl methyl sites for hydroxylation is 1. The van der Waals surface area contributed by atoms with Crippen molar-refractivity contribution in [2.24, 2.45) is 5.92 Å². The van der Waals surface area contributed by atoms with E-state index >= 15 is 0 Å². The average molecular weight is 481 g/mol. The normalized spacial score (nSPS) is 18.6. The van der Waals surface area contributed by atoms with Gasteiger partial charge in [0.05, 0.1) is 26.1 Å². The van der Waals surface area contributed by atoms with Gasteiger partial charge in [-0.25, -0.2) is 14.4 Å². The summed E-state index contributed by atoms with van der Waals surface area (Å²) in [5.41, 5.74) is 2.26. The maximum atomic E-state index is 13.7. The maximum absolute atomic E-state index is 13.7. The van der Waals surface area contributed by atoms with Crippen LogP contribution in [-0.2, 0) is 0 Å². The van der Waals surface area contributed by atoms with Crippen LogP contribution in [0.4, 0.5) is 9.52 Å². The highest BCUT2D eigenvalue weighted by Crippen LogP contribution is 2.34. The summed E-state index contributed by atoms with van der Waals surface area (Å²) in [4.78, 5) is 25.8. The molecule has 2 unspecified atom stereocenters. The van der Waals surface area contributed by atoms with Crippen LogP contribution in [0.1, 0.15) is 35.3 Å². The third-order valence-corrected chi connectivity index (χ3v) is 8.19. The largest absolute Gasteiger partial charge is 0.359 e. The van der Waals surface area contributed by atoms with E-state index in [0.717, 1.165) is 43.6 Å². The molecule has 3 heterocycles. The third kappa shape index (κ3) is 4.50. The van der Waals surface area contributed by atoms with Crippen molar-refractivity contribution in [3.63, 3.8) is 0 Å². The van der Waals surface area contributed by atoms with Crippen LogP contribution < -0.4 is 5.32 Å². The van der Waals surface area contributed by atoms with Gasteiger partial charge in [0.25, 0.3) is 5.91 Å². The van der Waals surface area contributed by atoms with Gasteiger partial charge >= 0.3 is 0 Å². The van der Waals surface area contributed by atoms with E-state index in [1.54, 1.807) is 23.5 Å². The van der Waals surface area contributed by atoms with Gasteiger partial charge in [0.1, 0.15) is 11.5 Å². The lowest BCUT2D eigenvalue weighted by Gasteiger charge is -2.40. The van der Waals surface area contributed by atoms with Crippen molar-refractivity contribution in [1.82, 2.24) is 14.9 Å². The fourth-order valence-electron chi connectivity index (χ4n) is 4.46. The number of halogens is 1. The molecule has 0 saturated carbocycles. The van der Waals surface area contributed by atoms with E-state index in [2.05, 4.69) is 28.3 Å². The number of carbonyl (C=O) groups excluding carboxylic acids is 1. The number of carbonyl (C=O) groups is 1. The molecule has 1 amide bonds. The first-order valence-corrected chi connectivity index (χ1v) is 12.8. The second-order valence-corrected chi connectivity index (χ2v) is 10.7. The third-order valence-electron chi connectivity index (χ3n) is 6.18. The summed E-state index contributed by atoms with van der Waals surface area (Å²) in [7, 11) is 0. The van der Waals surface area contributed by atoms with E-state index in [1.165, 1.54) is 23.5 Å². The number of thiazole rings is 2. The summed E-state index contributed by atoms with van der Waals surface area (Å²) in [6, 6.07) is 14.4. The Hall–Kier alpha value is -2.84. The Bertz CT molecular complexity index is 1250. The summed E-state index contributed by atoms with van der Waals surface area (Å²) in [6.45, 7) is 5.45. The van der Waals surface area contributed by atoms with Crippen LogP contribution in [0.5, 0.6) is 0 Å². The second-order valence-electron chi connectivity index (χ2n) is 8.47. The number of anilines is 1. The molecule has 1 aliphatic heterocycles. The quantitative estimate of drug-likeness (QED) is 0.368. The van der Waals surface area contributed by atoms with Crippen molar-refractivity contribution in [1.29, 1.82) is 0 Å². The van der Waals surface area contributed by atoms with Crippen LogP contribution in [0.3, 0.4) is 0 Å². The summed E-state index contributed by atoms with van der Waals surface area (Å²) in [6.07, 6.45) is 2.05. The molecule has 8 heteroatoms. The van der Waals surface area contributed by atoms with E-state index in [9.17, 15) is 9.18 Å². The highest BCUT2D eigenvalue weighted by Gasteiger charge is 2.34.